The summed E-state index contributed by atoms with van der Waals surface area (Å²) >= 11 is 0. The van der Waals surface area contributed by atoms with Crippen molar-refractivity contribution in [3.8, 4) is 0 Å². The van der Waals surface area contributed by atoms with Gasteiger partial charge in [0.1, 0.15) is 17.2 Å². The number of amides is 2. The normalized spacial score (nSPS) is 21.8. The Bertz CT molecular complexity index is 492. The molecule has 1 aliphatic rings. The minimum Gasteiger partial charge on any atom is -0.480 e. The first-order valence-electron chi connectivity index (χ1n) is 8.00. The average Bonchev–Trinajstić information content (AvgIpc) is 2.33. The van der Waals surface area contributed by atoms with Gasteiger partial charge in [0.15, 0.2) is 0 Å². The van der Waals surface area contributed by atoms with E-state index in [1.807, 2.05) is 0 Å². The number of carboxylic acid groups (broad SMARTS) is 1. The largest absolute Gasteiger partial charge is 0.480 e. The van der Waals surface area contributed by atoms with Gasteiger partial charge in [0.2, 0.25) is 0 Å². The van der Waals surface area contributed by atoms with Crippen LogP contribution in [0.3, 0.4) is 0 Å². The van der Waals surface area contributed by atoms with Gasteiger partial charge in [-0.05, 0) is 54.4 Å². The van der Waals surface area contributed by atoms with Gasteiger partial charge in [-0.3, -0.25) is 4.90 Å². The van der Waals surface area contributed by atoms with Gasteiger partial charge in [-0.2, -0.15) is 0 Å². The second-order valence-corrected chi connectivity index (χ2v) is 7.90. The molecule has 1 aliphatic heterocycles. The van der Waals surface area contributed by atoms with Crippen molar-refractivity contribution in [2.24, 2.45) is 0 Å². The molecule has 8 heteroatoms. The van der Waals surface area contributed by atoms with Gasteiger partial charge in [0, 0.05) is 12.6 Å². The predicted octanol–water partition coefficient (Wildman–Crippen LogP) is 2.36. The summed E-state index contributed by atoms with van der Waals surface area (Å²) in [6.45, 7) is 10.6. The van der Waals surface area contributed by atoms with Crippen molar-refractivity contribution in [3.05, 3.63) is 0 Å². The van der Waals surface area contributed by atoms with Crippen molar-refractivity contribution in [1.82, 2.24) is 10.2 Å². The van der Waals surface area contributed by atoms with Gasteiger partial charge in [-0.15, -0.1) is 0 Å². The van der Waals surface area contributed by atoms with Gasteiger partial charge >= 0.3 is 18.2 Å². The Labute approximate surface area is 142 Å². The van der Waals surface area contributed by atoms with Crippen molar-refractivity contribution < 1.29 is 29.0 Å². The van der Waals surface area contributed by atoms with Crippen molar-refractivity contribution in [3.63, 3.8) is 0 Å². The number of carboxylic acids is 1. The molecule has 0 aliphatic carbocycles. The van der Waals surface area contributed by atoms with Crippen LogP contribution in [0.15, 0.2) is 0 Å². The maximum atomic E-state index is 12.2. The summed E-state index contributed by atoms with van der Waals surface area (Å²) in [5.41, 5.74) is -1.33. The quantitative estimate of drug-likeness (QED) is 0.797. The minimum absolute atomic E-state index is 0.105. The second-order valence-electron chi connectivity index (χ2n) is 7.90. The molecule has 0 spiro atoms. The van der Waals surface area contributed by atoms with Gasteiger partial charge in [0.05, 0.1) is 0 Å². The first-order valence-corrected chi connectivity index (χ1v) is 8.00. The van der Waals surface area contributed by atoms with Crippen LogP contribution in [0.1, 0.15) is 54.4 Å². The molecule has 138 valence electrons. The van der Waals surface area contributed by atoms with Crippen LogP contribution in [-0.2, 0) is 14.3 Å². The number of aliphatic carboxylic acids is 1. The van der Waals surface area contributed by atoms with Crippen LogP contribution in [0, 0.1) is 0 Å². The highest BCUT2D eigenvalue weighted by Gasteiger charge is 2.39. The Morgan fingerprint density at radius 2 is 1.58 bits per heavy atom. The first kappa shape index (κ1) is 20.1. The Balaban J connectivity index is 2.70. The molecule has 1 saturated heterocycles. The van der Waals surface area contributed by atoms with E-state index in [9.17, 15) is 19.5 Å². The number of ether oxygens (including phenoxy) is 2. The number of carbonyl (C=O) groups excluding carboxylic acids is 2. The third-order valence-corrected chi connectivity index (χ3v) is 3.24. The lowest BCUT2D eigenvalue weighted by Crippen LogP contribution is -2.56. The van der Waals surface area contributed by atoms with Crippen LogP contribution in [-0.4, -0.2) is 58.0 Å². The fraction of sp³-hybridized carbons (Fsp3) is 0.812. The number of rotatable bonds is 2. The molecule has 2 atom stereocenters. The van der Waals surface area contributed by atoms with E-state index >= 15 is 0 Å². The minimum atomic E-state index is -1.13. The number of nitrogens with zero attached hydrogens (tertiary/aromatic N) is 1. The topological polar surface area (TPSA) is 105 Å². The van der Waals surface area contributed by atoms with Gasteiger partial charge in [0.25, 0.3) is 0 Å². The Hall–Kier alpha value is -1.99. The Morgan fingerprint density at radius 1 is 1.04 bits per heavy atom. The predicted molar refractivity (Wildman–Crippen MR) is 86.8 cm³/mol. The molecule has 0 aromatic rings. The standard InChI is InChI=1S/C16H28N2O6/c1-15(2,3)23-13(21)17-10-7-8-18(11(9-10)12(19)20)14(22)24-16(4,5)6/h10-11H,7-9H2,1-6H3,(H,17,21)(H,19,20)/t10-,11?/m0/s1. The van der Waals surface area contributed by atoms with E-state index in [0.717, 1.165) is 0 Å². The van der Waals surface area contributed by atoms with E-state index in [0.29, 0.717) is 6.42 Å². The molecule has 0 saturated carbocycles. The number of alkyl carbamates (subject to hydrolysis) is 1. The fourth-order valence-electron chi connectivity index (χ4n) is 2.34. The van der Waals surface area contributed by atoms with Gasteiger partial charge in [-0.1, -0.05) is 0 Å². The van der Waals surface area contributed by atoms with E-state index in [1.165, 1.54) is 4.90 Å². The summed E-state index contributed by atoms with van der Waals surface area (Å²) < 4.78 is 10.4. The lowest BCUT2D eigenvalue weighted by molar-refractivity contribution is -0.144. The van der Waals surface area contributed by atoms with E-state index in [1.54, 1.807) is 41.5 Å². The van der Waals surface area contributed by atoms with Gasteiger partial charge < -0.3 is 19.9 Å². The molecule has 1 heterocycles. The Morgan fingerprint density at radius 3 is 2.04 bits per heavy atom. The monoisotopic (exact) mass is 344 g/mol. The first-order chi connectivity index (χ1) is 10.8. The highest BCUT2D eigenvalue weighted by atomic mass is 16.6. The SMILES string of the molecule is CC(C)(C)OC(=O)N[C@H]1CCN(C(=O)OC(C)(C)C)C(C(=O)O)C1. The van der Waals surface area contributed by atoms with Crippen LogP contribution in [0.25, 0.3) is 0 Å². The molecule has 0 radical (unpaired) electrons. The van der Waals surface area contributed by atoms with Crippen LogP contribution in [0.4, 0.5) is 9.59 Å². The van der Waals surface area contributed by atoms with Crippen LogP contribution >= 0.6 is 0 Å². The second kappa shape index (κ2) is 7.27. The zero-order chi connectivity index (χ0) is 18.7. The highest BCUT2D eigenvalue weighted by Crippen LogP contribution is 2.21. The smallest absolute Gasteiger partial charge is 0.411 e. The number of likely N-dealkylation sites (tertiary alicyclic amines) is 1. The summed E-state index contributed by atoms with van der Waals surface area (Å²) in [6, 6.07) is -1.42. The molecular weight excluding hydrogens is 316 g/mol. The number of carbonyl (C=O) groups is 3. The lowest BCUT2D eigenvalue weighted by atomic mass is 9.97. The van der Waals surface area contributed by atoms with E-state index < -0.39 is 35.4 Å². The van der Waals surface area contributed by atoms with E-state index in [-0.39, 0.29) is 19.0 Å². The summed E-state index contributed by atoms with van der Waals surface area (Å²) in [6.07, 6.45) is -0.719. The van der Waals surface area contributed by atoms with Gasteiger partial charge in [-0.25, -0.2) is 14.4 Å². The number of hydrogen-bond acceptors (Lipinski definition) is 5. The molecule has 1 fully saturated rings. The van der Waals surface area contributed by atoms with E-state index in [2.05, 4.69) is 5.32 Å². The summed E-state index contributed by atoms with van der Waals surface area (Å²) in [5.74, 6) is -1.13. The van der Waals surface area contributed by atoms with Crippen molar-refractivity contribution in [1.29, 1.82) is 0 Å². The summed E-state index contributed by atoms with van der Waals surface area (Å²) in [7, 11) is 0. The zero-order valence-electron chi connectivity index (χ0n) is 15.2. The molecule has 24 heavy (non-hydrogen) atoms. The molecule has 2 N–H and O–H groups in total. The maximum absolute atomic E-state index is 12.2. The van der Waals surface area contributed by atoms with Crippen LogP contribution in [0.2, 0.25) is 0 Å². The summed E-state index contributed by atoms with van der Waals surface area (Å²) in [4.78, 5) is 36.7. The average molecular weight is 344 g/mol. The van der Waals surface area contributed by atoms with E-state index in [4.69, 9.17) is 9.47 Å². The molecule has 0 bridgehead atoms. The third kappa shape index (κ3) is 6.64. The summed E-state index contributed by atoms with van der Waals surface area (Å²) in [5, 5.41) is 12.1. The van der Waals surface area contributed by atoms with Crippen molar-refractivity contribution in [2.75, 3.05) is 6.54 Å². The number of hydrogen-bond donors (Lipinski definition) is 2. The van der Waals surface area contributed by atoms with Crippen molar-refractivity contribution in [2.45, 2.75) is 77.7 Å². The maximum Gasteiger partial charge on any atom is 0.411 e. The molecule has 1 rings (SSSR count). The lowest BCUT2D eigenvalue weighted by Gasteiger charge is -2.38. The fourth-order valence-corrected chi connectivity index (χ4v) is 2.34. The Kier molecular flexibility index (Phi) is 6.08. The highest BCUT2D eigenvalue weighted by molar-refractivity contribution is 5.80. The number of piperidine rings is 1. The van der Waals surface area contributed by atoms with Crippen LogP contribution < -0.4 is 5.32 Å². The molecule has 1 unspecified atom stereocenters. The van der Waals surface area contributed by atoms with Crippen molar-refractivity contribution >= 4 is 18.2 Å². The molecule has 8 nitrogen and oxygen atoms in total. The van der Waals surface area contributed by atoms with Crippen LogP contribution in [0.5, 0.6) is 0 Å². The molecule has 0 aromatic heterocycles. The zero-order valence-corrected chi connectivity index (χ0v) is 15.2. The third-order valence-electron chi connectivity index (χ3n) is 3.24. The molecule has 0 aromatic carbocycles. The number of nitrogens with one attached hydrogen (secondary N) is 1. The molecular formula is C16H28N2O6. The molecule has 2 amide bonds.